The highest BCUT2D eigenvalue weighted by atomic mass is 16.5. The van der Waals surface area contributed by atoms with Crippen LogP contribution in [0.5, 0.6) is 0 Å². The molecular formula is C6H11NO2. The van der Waals surface area contributed by atoms with Crippen LogP contribution in [0.2, 0.25) is 0 Å². The van der Waals surface area contributed by atoms with Crippen LogP contribution in [0, 0.1) is 5.92 Å². The molecule has 1 rings (SSSR count). The van der Waals surface area contributed by atoms with E-state index < -0.39 is 0 Å². The van der Waals surface area contributed by atoms with E-state index in [1.54, 1.807) is 0 Å². The quantitative estimate of drug-likeness (QED) is 0.517. The summed E-state index contributed by atoms with van der Waals surface area (Å²) in [5, 5.41) is 10.1. The number of hydroxylamine groups is 2. The van der Waals surface area contributed by atoms with Gasteiger partial charge in [-0.05, 0) is 12.8 Å². The maximum atomic E-state index is 10.2. The number of hydrogen-bond donors (Lipinski definition) is 1. The molecule has 1 aliphatic rings. The Bertz CT molecular complexity index is 97.2. The minimum absolute atomic E-state index is 0.188. The summed E-state index contributed by atoms with van der Waals surface area (Å²) in [5.41, 5.74) is 0. The van der Waals surface area contributed by atoms with Crippen molar-refractivity contribution in [3.05, 3.63) is 0 Å². The Balaban J connectivity index is 2.26. The topological polar surface area (TPSA) is 40.5 Å². The van der Waals surface area contributed by atoms with E-state index in [0.717, 1.165) is 19.1 Å². The maximum absolute atomic E-state index is 10.2. The van der Waals surface area contributed by atoms with E-state index in [-0.39, 0.29) is 5.92 Å². The molecule has 3 heteroatoms. The van der Waals surface area contributed by atoms with Gasteiger partial charge in [0.05, 0.1) is 0 Å². The minimum Gasteiger partial charge on any atom is -0.314 e. The van der Waals surface area contributed by atoms with Crippen LogP contribution in [0.3, 0.4) is 0 Å². The first-order valence-electron chi connectivity index (χ1n) is 3.22. The summed E-state index contributed by atoms with van der Waals surface area (Å²) in [6.07, 6.45) is 2.59. The lowest BCUT2D eigenvalue weighted by molar-refractivity contribution is -0.125. The third kappa shape index (κ3) is 1.77. The monoisotopic (exact) mass is 129 g/mol. The average molecular weight is 129 g/mol. The van der Waals surface area contributed by atoms with Crippen LogP contribution in [0.1, 0.15) is 12.8 Å². The normalized spacial score (nSPS) is 24.1. The Kier molecular flexibility index (Phi) is 2.19. The Morgan fingerprint density at radius 2 is 2.00 bits per heavy atom. The summed E-state index contributed by atoms with van der Waals surface area (Å²) < 4.78 is 0. The van der Waals surface area contributed by atoms with E-state index in [0.29, 0.717) is 13.1 Å². The van der Waals surface area contributed by atoms with E-state index in [4.69, 9.17) is 5.21 Å². The molecule has 0 saturated carbocycles. The van der Waals surface area contributed by atoms with Crippen molar-refractivity contribution >= 4 is 6.29 Å². The van der Waals surface area contributed by atoms with E-state index in [2.05, 4.69) is 0 Å². The number of rotatable bonds is 1. The van der Waals surface area contributed by atoms with Crippen molar-refractivity contribution in [1.82, 2.24) is 5.06 Å². The van der Waals surface area contributed by atoms with Crippen molar-refractivity contribution in [2.24, 2.45) is 5.92 Å². The van der Waals surface area contributed by atoms with Crippen molar-refractivity contribution in [3.63, 3.8) is 0 Å². The maximum Gasteiger partial charge on any atom is 0.123 e. The third-order valence-corrected chi connectivity index (χ3v) is 1.71. The standard InChI is InChI=1S/C6H11NO2/c8-5-6-1-3-7(9)4-2-6/h5-6,9H,1-4H2. The molecule has 1 fully saturated rings. The molecule has 1 saturated heterocycles. The van der Waals surface area contributed by atoms with Gasteiger partial charge in [0.1, 0.15) is 6.29 Å². The Hall–Kier alpha value is -0.410. The lowest BCUT2D eigenvalue weighted by atomic mass is 10.0. The summed E-state index contributed by atoms with van der Waals surface area (Å²) in [6.45, 7) is 1.28. The van der Waals surface area contributed by atoms with Crippen molar-refractivity contribution in [1.29, 1.82) is 0 Å². The number of nitrogens with zero attached hydrogens (tertiary/aromatic N) is 1. The molecule has 9 heavy (non-hydrogen) atoms. The van der Waals surface area contributed by atoms with Gasteiger partial charge in [0.15, 0.2) is 0 Å². The van der Waals surface area contributed by atoms with Gasteiger partial charge >= 0.3 is 0 Å². The largest absolute Gasteiger partial charge is 0.314 e. The number of piperidine rings is 1. The van der Waals surface area contributed by atoms with Crippen LogP contribution in [0.15, 0.2) is 0 Å². The smallest absolute Gasteiger partial charge is 0.123 e. The van der Waals surface area contributed by atoms with Crippen LogP contribution in [-0.2, 0) is 4.79 Å². The Morgan fingerprint density at radius 1 is 1.44 bits per heavy atom. The fourth-order valence-electron chi connectivity index (χ4n) is 1.02. The van der Waals surface area contributed by atoms with E-state index >= 15 is 0 Å². The number of hydrogen-bond acceptors (Lipinski definition) is 3. The van der Waals surface area contributed by atoms with Crippen molar-refractivity contribution in [3.8, 4) is 0 Å². The molecule has 0 spiro atoms. The molecule has 0 aromatic heterocycles. The second kappa shape index (κ2) is 2.94. The van der Waals surface area contributed by atoms with Crippen LogP contribution < -0.4 is 0 Å². The van der Waals surface area contributed by atoms with Gasteiger partial charge in [-0.1, -0.05) is 0 Å². The fraction of sp³-hybridized carbons (Fsp3) is 0.833. The number of aldehydes is 1. The molecule has 0 aromatic carbocycles. The van der Waals surface area contributed by atoms with Gasteiger partial charge in [-0.25, -0.2) is 0 Å². The van der Waals surface area contributed by atoms with Gasteiger partial charge in [-0.15, -0.1) is 0 Å². The van der Waals surface area contributed by atoms with Crippen molar-refractivity contribution in [2.45, 2.75) is 12.8 Å². The van der Waals surface area contributed by atoms with Crippen LogP contribution in [0.4, 0.5) is 0 Å². The lowest BCUT2D eigenvalue weighted by Crippen LogP contribution is -2.31. The highest BCUT2D eigenvalue weighted by Crippen LogP contribution is 2.12. The van der Waals surface area contributed by atoms with Gasteiger partial charge in [-0.3, -0.25) is 0 Å². The van der Waals surface area contributed by atoms with Crippen molar-refractivity contribution < 1.29 is 10.0 Å². The molecule has 1 aliphatic heterocycles. The second-order valence-electron chi connectivity index (χ2n) is 2.43. The van der Waals surface area contributed by atoms with Gasteiger partial charge in [0.25, 0.3) is 0 Å². The molecular weight excluding hydrogens is 118 g/mol. The lowest BCUT2D eigenvalue weighted by Gasteiger charge is -2.23. The first-order chi connectivity index (χ1) is 4.33. The molecule has 1 heterocycles. The van der Waals surface area contributed by atoms with E-state index in [1.165, 1.54) is 5.06 Å². The Labute approximate surface area is 54.2 Å². The predicted octanol–water partition coefficient (Wildman–Crippen LogP) is 0.286. The first kappa shape index (κ1) is 6.71. The molecule has 1 N–H and O–H groups in total. The summed E-state index contributed by atoms with van der Waals surface area (Å²) >= 11 is 0. The van der Waals surface area contributed by atoms with Gasteiger partial charge in [0, 0.05) is 19.0 Å². The number of carbonyl (C=O) groups is 1. The molecule has 3 nitrogen and oxygen atoms in total. The SMILES string of the molecule is O=CC1CCN(O)CC1. The molecule has 0 amide bonds. The zero-order chi connectivity index (χ0) is 6.69. The predicted molar refractivity (Wildman–Crippen MR) is 32.1 cm³/mol. The molecule has 52 valence electrons. The number of carbonyl (C=O) groups excluding carboxylic acids is 1. The zero-order valence-corrected chi connectivity index (χ0v) is 5.29. The summed E-state index contributed by atoms with van der Waals surface area (Å²) in [7, 11) is 0. The highest BCUT2D eigenvalue weighted by Gasteiger charge is 2.15. The van der Waals surface area contributed by atoms with E-state index in [9.17, 15) is 4.79 Å². The Morgan fingerprint density at radius 3 is 2.44 bits per heavy atom. The molecule has 0 unspecified atom stereocenters. The van der Waals surface area contributed by atoms with Gasteiger partial charge in [0.2, 0.25) is 0 Å². The summed E-state index contributed by atoms with van der Waals surface area (Å²) in [6, 6.07) is 0. The summed E-state index contributed by atoms with van der Waals surface area (Å²) in [5.74, 6) is 0.188. The molecule has 0 atom stereocenters. The van der Waals surface area contributed by atoms with E-state index in [1.807, 2.05) is 0 Å². The van der Waals surface area contributed by atoms with Crippen LogP contribution in [-0.4, -0.2) is 29.6 Å². The van der Waals surface area contributed by atoms with Gasteiger partial charge < -0.3 is 10.0 Å². The molecule has 0 bridgehead atoms. The van der Waals surface area contributed by atoms with Crippen LogP contribution >= 0.6 is 0 Å². The zero-order valence-electron chi connectivity index (χ0n) is 5.29. The third-order valence-electron chi connectivity index (χ3n) is 1.71. The molecule has 0 aliphatic carbocycles. The second-order valence-corrected chi connectivity index (χ2v) is 2.43. The molecule has 0 aromatic rings. The van der Waals surface area contributed by atoms with Crippen molar-refractivity contribution in [2.75, 3.05) is 13.1 Å². The van der Waals surface area contributed by atoms with Crippen LogP contribution in [0.25, 0.3) is 0 Å². The first-order valence-corrected chi connectivity index (χ1v) is 3.22. The highest BCUT2D eigenvalue weighted by molar-refractivity contribution is 5.53. The minimum atomic E-state index is 0.188. The average Bonchev–Trinajstić information content (AvgIpc) is 1.90. The molecule has 0 radical (unpaired) electrons. The van der Waals surface area contributed by atoms with Gasteiger partial charge in [-0.2, -0.15) is 5.06 Å². The summed E-state index contributed by atoms with van der Waals surface area (Å²) in [4.78, 5) is 10.2. The fourth-order valence-corrected chi connectivity index (χ4v) is 1.02.